The van der Waals surface area contributed by atoms with Crippen LogP contribution in [0, 0.1) is 20.8 Å². The summed E-state index contributed by atoms with van der Waals surface area (Å²) in [5.74, 6) is 1.69. The molecule has 1 aromatic carbocycles. The Hall–Kier alpha value is -3.91. The van der Waals surface area contributed by atoms with Crippen molar-refractivity contribution in [2.75, 3.05) is 11.1 Å². The Kier molecular flexibility index (Phi) is 5.67. The summed E-state index contributed by atoms with van der Waals surface area (Å²) in [6, 6.07) is 9.59. The van der Waals surface area contributed by atoms with E-state index in [0.29, 0.717) is 29.1 Å². The second-order valence-electron chi connectivity index (χ2n) is 8.20. The fourth-order valence-electron chi connectivity index (χ4n) is 4.13. The lowest BCUT2D eigenvalue weighted by atomic mass is 9.96. The van der Waals surface area contributed by atoms with Crippen LogP contribution < -0.4 is 15.8 Å². The highest BCUT2D eigenvalue weighted by atomic mass is 35.5. The first kappa shape index (κ1) is 21.9. The number of nitrogens with zero attached hydrogens (tertiary/aromatic N) is 5. The van der Waals surface area contributed by atoms with Gasteiger partial charge in [0, 0.05) is 36.1 Å². The molecule has 4 heterocycles. The lowest BCUT2D eigenvalue weighted by Crippen LogP contribution is -2.07. The van der Waals surface area contributed by atoms with Crippen LogP contribution in [0.5, 0.6) is 5.88 Å². The van der Waals surface area contributed by atoms with Crippen LogP contribution in [0.2, 0.25) is 5.02 Å². The lowest BCUT2D eigenvalue weighted by molar-refractivity contribution is 0.289. The summed E-state index contributed by atoms with van der Waals surface area (Å²) in [6.45, 7) is 7.03. The number of benzene rings is 1. The van der Waals surface area contributed by atoms with E-state index in [1.54, 1.807) is 12.3 Å². The zero-order valence-electron chi connectivity index (χ0n) is 19.1. The predicted molar refractivity (Wildman–Crippen MR) is 134 cm³/mol. The normalized spacial score (nSPS) is 11.3. The first-order valence-corrected chi connectivity index (χ1v) is 11.2. The summed E-state index contributed by atoms with van der Waals surface area (Å²) in [4.78, 5) is 17.4. The van der Waals surface area contributed by atoms with E-state index in [4.69, 9.17) is 22.1 Å². The Balaban J connectivity index is 1.30. The van der Waals surface area contributed by atoms with E-state index < -0.39 is 0 Å². The molecule has 3 N–H and O–H groups in total. The zero-order valence-corrected chi connectivity index (χ0v) is 19.9. The van der Waals surface area contributed by atoms with E-state index in [9.17, 15) is 0 Å². The number of ether oxygens (including phenoxy) is 1. The Morgan fingerprint density at radius 3 is 2.76 bits per heavy atom. The summed E-state index contributed by atoms with van der Waals surface area (Å²) >= 11 is 6.20. The molecule has 0 saturated carbocycles. The SMILES string of the molecule is Cc1cc2c(N)nccc2c(C)c1CNc1cc(OCc2cn3c(C)c(Cl)ccc3n2)ncn1. The third-order valence-corrected chi connectivity index (χ3v) is 6.44. The van der Waals surface area contributed by atoms with Crippen LogP contribution in [0.25, 0.3) is 16.4 Å². The lowest BCUT2D eigenvalue weighted by Gasteiger charge is -2.15. The fourth-order valence-corrected chi connectivity index (χ4v) is 4.28. The molecule has 0 aliphatic heterocycles. The maximum atomic E-state index is 6.20. The molecular weight excluding hydrogens is 450 g/mol. The largest absolute Gasteiger partial charge is 0.471 e. The number of nitrogens with one attached hydrogen (secondary N) is 1. The van der Waals surface area contributed by atoms with E-state index >= 15 is 0 Å². The molecule has 0 atom stereocenters. The Morgan fingerprint density at radius 2 is 1.91 bits per heavy atom. The second kappa shape index (κ2) is 8.79. The standard InChI is InChI=1S/C25H24ClN7O/c1-14-8-19-18(6-7-28-25(19)27)15(2)20(14)10-29-22-9-24(31-13-30-22)34-12-17-11-33-16(3)21(26)4-5-23(33)32-17/h4-9,11,13H,10,12H2,1-3H3,(H2,27,28)(H,29,30,31). The van der Waals surface area contributed by atoms with Gasteiger partial charge in [0.05, 0.1) is 10.7 Å². The highest BCUT2D eigenvalue weighted by Crippen LogP contribution is 2.28. The number of aromatic nitrogens is 5. The van der Waals surface area contributed by atoms with Crippen LogP contribution in [0.3, 0.4) is 0 Å². The van der Waals surface area contributed by atoms with Crippen molar-refractivity contribution in [3.05, 3.63) is 82.2 Å². The topological polar surface area (TPSA) is 103 Å². The Bertz CT molecular complexity index is 1530. The maximum absolute atomic E-state index is 6.20. The summed E-state index contributed by atoms with van der Waals surface area (Å²) in [5.41, 5.74) is 12.1. The number of nitrogens with two attached hydrogens (primary N) is 1. The van der Waals surface area contributed by atoms with Crippen LogP contribution in [-0.4, -0.2) is 24.3 Å². The van der Waals surface area contributed by atoms with Crippen LogP contribution in [0.1, 0.15) is 28.1 Å². The average molecular weight is 474 g/mol. The number of rotatable bonds is 6. The van der Waals surface area contributed by atoms with Gasteiger partial charge in [-0.15, -0.1) is 0 Å². The molecule has 0 radical (unpaired) electrons. The molecule has 0 bridgehead atoms. The molecule has 8 nitrogen and oxygen atoms in total. The molecule has 0 aliphatic carbocycles. The van der Waals surface area contributed by atoms with Gasteiger partial charge >= 0.3 is 0 Å². The van der Waals surface area contributed by atoms with Gasteiger partial charge in [-0.05, 0) is 67.1 Å². The maximum Gasteiger partial charge on any atom is 0.218 e. The summed E-state index contributed by atoms with van der Waals surface area (Å²) in [7, 11) is 0. The molecule has 4 aromatic heterocycles. The third-order valence-electron chi connectivity index (χ3n) is 6.04. The second-order valence-corrected chi connectivity index (χ2v) is 8.61. The van der Waals surface area contributed by atoms with Gasteiger partial charge in [-0.1, -0.05) is 11.6 Å². The van der Waals surface area contributed by atoms with Crippen molar-refractivity contribution in [2.45, 2.75) is 33.9 Å². The monoisotopic (exact) mass is 473 g/mol. The molecule has 5 rings (SSSR count). The molecule has 0 saturated heterocycles. The number of aryl methyl sites for hydroxylation is 3. The average Bonchev–Trinajstić information content (AvgIpc) is 3.25. The van der Waals surface area contributed by atoms with Gasteiger partial charge in [0.1, 0.15) is 30.2 Å². The smallest absolute Gasteiger partial charge is 0.218 e. The number of nitrogen functional groups attached to an aromatic ring is 1. The summed E-state index contributed by atoms with van der Waals surface area (Å²) in [6.07, 6.45) is 5.15. The molecule has 172 valence electrons. The van der Waals surface area contributed by atoms with Crippen LogP contribution in [0.15, 0.2) is 49.1 Å². The summed E-state index contributed by atoms with van der Waals surface area (Å²) < 4.78 is 7.83. The van der Waals surface area contributed by atoms with Gasteiger partial charge in [0.25, 0.3) is 0 Å². The summed E-state index contributed by atoms with van der Waals surface area (Å²) in [5, 5.41) is 6.16. The van der Waals surface area contributed by atoms with Crippen LogP contribution in [-0.2, 0) is 13.2 Å². The first-order chi connectivity index (χ1) is 16.4. The molecule has 5 aromatic rings. The van der Waals surface area contributed by atoms with Gasteiger partial charge < -0.3 is 20.2 Å². The van der Waals surface area contributed by atoms with E-state index in [1.807, 2.05) is 35.7 Å². The van der Waals surface area contributed by atoms with E-state index in [0.717, 1.165) is 33.4 Å². The molecule has 34 heavy (non-hydrogen) atoms. The fraction of sp³-hybridized carbons (Fsp3) is 0.200. The Morgan fingerprint density at radius 1 is 1.06 bits per heavy atom. The predicted octanol–water partition coefficient (Wildman–Crippen LogP) is 5.02. The van der Waals surface area contributed by atoms with Crippen molar-refractivity contribution in [3.63, 3.8) is 0 Å². The Labute approximate surface area is 201 Å². The highest BCUT2D eigenvalue weighted by molar-refractivity contribution is 6.31. The van der Waals surface area contributed by atoms with Crippen molar-refractivity contribution in [2.24, 2.45) is 0 Å². The van der Waals surface area contributed by atoms with Crippen molar-refractivity contribution in [1.29, 1.82) is 0 Å². The van der Waals surface area contributed by atoms with Crippen LogP contribution >= 0.6 is 11.6 Å². The van der Waals surface area contributed by atoms with E-state index in [2.05, 4.69) is 45.2 Å². The molecule has 0 aliphatic rings. The highest BCUT2D eigenvalue weighted by Gasteiger charge is 2.11. The van der Waals surface area contributed by atoms with Crippen molar-refractivity contribution < 1.29 is 4.74 Å². The number of hydrogen-bond donors (Lipinski definition) is 2. The van der Waals surface area contributed by atoms with Crippen molar-refractivity contribution in [1.82, 2.24) is 24.3 Å². The number of imidazole rings is 1. The van der Waals surface area contributed by atoms with E-state index in [1.165, 1.54) is 17.5 Å². The van der Waals surface area contributed by atoms with Gasteiger partial charge in [-0.25, -0.2) is 19.9 Å². The minimum Gasteiger partial charge on any atom is -0.471 e. The molecule has 9 heteroatoms. The number of halogens is 1. The van der Waals surface area contributed by atoms with Gasteiger partial charge in [0.2, 0.25) is 5.88 Å². The van der Waals surface area contributed by atoms with E-state index in [-0.39, 0.29) is 6.61 Å². The number of fused-ring (bicyclic) bond motifs is 2. The molecule has 0 unspecified atom stereocenters. The number of anilines is 2. The molecule has 0 fully saturated rings. The quantitative estimate of drug-likeness (QED) is 0.356. The minimum absolute atomic E-state index is 0.285. The van der Waals surface area contributed by atoms with Crippen molar-refractivity contribution in [3.8, 4) is 5.88 Å². The molecule has 0 spiro atoms. The van der Waals surface area contributed by atoms with Crippen LogP contribution in [0.4, 0.5) is 11.6 Å². The first-order valence-electron chi connectivity index (χ1n) is 10.9. The van der Waals surface area contributed by atoms with Crippen molar-refractivity contribution >= 4 is 39.7 Å². The van der Waals surface area contributed by atoms with Gasteiger partial charge in [0.15, 0.2) is 0 Å². The molecular formula is C25H24ClN7O. The minimum atomic E-state index is 0.285. The van der Waals surface area contributed by atoms with Gasteiger partial charge in [-0.2, -0.15) is 0 Å². The molecule has 0 amide bonds. The number of hydrogen-bond acceptors (Lipinski definition) is 7. The number of pyridine rings is 2. The zero-order chi connectivity index (χ0) is 23.8. The van der Waals surface area contributed by atoms with Gasteiger partial charge in [-0.3, -0.25) is 0 Å². The third kappa shape index (κ3) is 4.08.